The highest BCUT2D eigenvalue weighted by Gasteiger charge is 2.20. The first kappa shape index (κ1) is 12.7. The zero-order valence-corrected chi connectivity index (χ0v) is 10.1. The van der Waals surface area contributed by atoms with E-state index in [1.807, 2.05) is 0 Å². The molecule has 0 aromatic heterocycles. The highest BCUT2D eigenvalue weighted by atomic mass is 28.4. The van der Waals surface area contributed by atoms with Gasteiger partial charge in [-0.3, -0.25) is 0 Å². The Morgan fingerprint density at radius 2 is 2.00 bits per heavy atom. The molecule has 0 aromatic rings. The van der Waals surface area contributed by atoms with E-state index in [1.54, 1.807) is 0 Å². The molecule has 0 unspecified atom stereocenters. The van der Waals surface area contributed by atoms with E-state index in [4.69, 9.17) is 9.69 Å². The number of hydrogen-bond acceptors (Lipinski definition) is 2. The Kier molecular flexibility index (Phi) is 6.92. The van der Waals surface area contributed by atoms with Gasteiger partial charge >= 0.3 is 0 Å². The third kappa shape index (κ3) is 8.01. The van der Waals surface area contributed by atoms with E-state index in [-0.39, 0.29) is 0 Å². The van der Waals surface area contributed by atoms with Crippen LogP contribution in [0.5, 0.6) is 0 Å². The average Bonchev–Trinajstić information content (AvgIpc) is 2.05. The van der Waals surface area contributed by atoms with Crippen LogP contribution in [0.3, 0.4) is 0 Å². The molecule has 0 aliphatic carbocycles. The van der Waals surface area contributed by atoms with Gasteiger partial charge in [0.15, 0.2) is 8.32 Å². The van der Waals surface area contributed by atoms with Gasteiger partial charge in [-0.05, 0) is 32.0 Å². The maximum absolute atomic E-state index is 8.40. The van der Waals surface area contributed by atoms with E-state index in [0.717, 1.165) is 25.5 Å². The molecule has 0 aromatic carbocycles. The molecular weight excluding hydrogens is 178 g/mol. The number of unbranched alkanes of at least 4 members (excludes halogenated alkanes) is 2. The van der Waals surface area contributed by atoms with Crippen molar-refractivity contribution >= 4 is 8.32 Å². The second-order valence-corrected chi connectivity index (χ2v) is 8.28. The van der Waals surface area contributed by atoms with Gasteiger partial charge in [0.25, 0.3) is 0 Å². The number of nitrogens with zero attached hydrogens (tertiary/aromatic N) is 1. The van der Waals surface area contributed by atoms with Crippen LogP contribution in [0.15, 0.2) is 0 Å². The topological polar surface area (TPSA) is 33.0 Å². The van der Waals surface area contributed by atoms with Crippen LogP contribution in [0, 0.1) is 11.3 Å². The molecule has 0 rings (SSSR count). The normalized spacial score (nSPS) is 11.2. The van der Waals surface area contributed by atoms with Gasteiger partial charge in [0.2, 0.25) is 0 Å². The smallest absolute Gasteiger partial charge is 0.186 e. The minimum Gasteiger partial charge on any atom is -0.417 e. The lowest BCUT2D eigenvalue weighted by atomic mass is 10.4. The van der Waals surface area contributed by atoms with Crippen molar-refractivity contribution in [3.8, 4) is 6.07 Å². The molecule has 0 atom stereocenters. The predicted molar refractivity (Wildman–Crippen MR) is 58.0 cm³/mol. The molecular formula is C10H21NOSi. The molecule has 13 heavy (non-hydrogen) atoms. The largest absolute Gasteiger partial charge is 0.417 e. The van der Waals surface area contributed by atoms with Gasteiger partial charge < -0.3 is 4.43 Å². The van der Waals surface area contributed by atoms with Gasteiger partial charge in [0.1, 0.15) is 0 Å². The van der Waals surface area contributed by atoms with Crippen LogP contribution in [-0.2, 0) is 4.43 Å². The third-order valence-corrected chi connectivity index (χ3v) is 4.60. The molecule has 0 saturated heterocycles. The fraction of sp³-hybridized carbons (Fsp3) is 0.900. The summed E-state index contributed by atoms with van der Waals surface area (Å²) in [5, 5.41) is 8.40. The summed E-state index contributed by atoms with van der Waals surface area (Å²) in [6.45, 7) is 7.55. The van der Waals surface area contributed by atoms with Crippen LogP contribution < -0.4 is 0 Å². The van der Waals surface area contributed by atoms with Crippen LogP contribution >= 0.6 is 0 Å². The summed E-state index contributed by atoms with van der Waals surface area (Å²) in [7, 11) is -1.43. The molecule has 0 fully saturated rings. The second-order valence-electron chi connectivity index (χ2n) is 3.97. The van der Waals surface area contributed by atoms with Gasteiger partial charge in [0, 0.05) is 13.0 Å². The maximum Gasteiger partial charge on any atom is 0.186 e. The fourth-order valence-electron chi connectivity index (χ4n) is 1.16. The molecule has 0 aliphatic rings. The molecule has 0 heterocycles. The molecule has 0 N–H and O–H groups in total. The SMILES string of the molecule is CCCCO[Si](C)(C)CCCC#N. The van der Waals surface area contributed by atoms with Crippen molar-refractivity contribution in [2.75, 3.05) is 6.61 Å². The van der Waals surface area contributed by atoms with E-state index in [0.29, 0.717) is 6.42 Å². The standard InChI is InChI=1S/C10H21NOSi/c1-4-5-9-12-13(2,3)10-7-6-8-11/h4-7,9-10H2,1-3H3. The first-order valence-electron chi connectivity index (χ1n) is 5.13. The van der Waals surface area contributed by atoms with Crippen LogP contribution in [0.25, 0.3) is 0 Å². The number of hydrogen-bond donors (Lipinski definition) is 0. The van der Waals surface area contributed by atoms with Crippen molar-refractivity contribution in [1.29, 1.82) is 5.26 Å². The van der Waals surface area contributed by atoms with Crippen molar-refractivity contribution in [2.45, 2.75) is 51.7 Å². The minimum absolute atomic E-state index is 0.674. The van der Waals surface area contributed by atoms with E-state index in [9.17, 15) is 0 Å². The first-order valence-corrected chi connectivity index (χ1v) is 8.25. The molecule has 0 bridgehead atoms. The highest BCUT2D eigenvalue weighted by molar-refractivity contribution is 6.71. The molecule has 2 nitrogen and oxygen atoms in total. The van der Waals surface area contributed by atoms with Crippen LogP contribution in [0.1, 0.15) is 32.6 Å². The number of nitriles is 1. The number of rotatable bonds is 7. The summed E-state index contributed by atoms with van der Waals surface area (Å²) >= 11 is 0. The monoisotopic (exact) mass is 199 g/mol. The zero-order chi connectivity index (χ0) is 10.2. The van der Waals surface area contributed by atoms with Crippen molar-refractivity contribution in [3.05, 3.63) is 0 Å². The maximum atomic E-state index is 8.40. The van der Waals surface area contributed by atoms with E-state index >= 15 is 0 Å². The Morgan fingerprint density at radius 3 is 2.54 bits per heavy atom. The second kappa shape index (κ2) is 7.11. The van der Waals surface area contributed by atoms with Gasteiger partial charge in [-0.1, -0.05) is 13.3 Å². The van der Waals surface area contributed by atoms with Gasteiger partial charge in [-0.2, -0.15) is 5.26 Å². The van der Waals surface area contributed by atoms with Crippen molar-refractivity contribution in [1.82, 2.24) is 0 Å². The van der Waals surface area contributed by atoms with Crippen molar-refractivity contribution in [2.24, 2.45) is 0 Å². The van der Waals surface area contributed by atoms with Gasteiger partial charge in [0.05, 0.1) is 6.07 Å². The Labute approximate surface area is 83.0 Å². The Bertz CT molecular complexity index is 163. The van der Waals surface area contributed by atoms with Crippen LogP contribution in [-0.4, -0.2) is 14.9 Å². The molecule has 76 valence electrons. The summed E-state index contributed by atoms with van der Waals surface area (Å²) in [4.78, 5) is 0. The quantitative estimate of drug-likeness (QED) is 0.465. The average molecular weight is 199 g/mol. The van der Waals surface area contributed by atoms with Crippen molar-refractivity contribution < 1.29 is 4.43 Å². The zero-order valence-electron chi connectivity index (χ0n) is 9.10. The summed E-state index contributed by atoms with van der Waals surface area (Å²) in [6.07, 6.45) is 4.03. The predicted octanol–water partition coefficient (Wildman–Crippen LogP) is 3.31. The Morgan fingerprint density at radius 1 is 1.31 bits per heavy atom. The third-order valence-electron chi connectivity index (χ3n) is 2.06. The highest BCUT2D eigenvalue weighted by Crippen LogP contribution is 2.15. The summed E-state index contributed by atoms with van der Waals surface area (Å²) in [5.41, 5.74) is 0. The van der Waals surface area contributed by atoms with E-state index < -0.39 is 8.32 Å². The summed E-state index contributed by atoms with van der Waals surface area (Å²) < 4.78 is 5.85. The van der Waals surface area contributed by atoms with E-state index in [1.165, 1.54) is 6.42 Å². The Balaban J connectivity index is 3.49. The van der Waals surface area contributed by atoms with Gasteiger partial charge in [-0.25, -0.2) is 0 Å². The summed E-state index contributed by atoms with van der Waals surface area (Å²) in [6, 6.07) is 3.29. The lowest BCUT2D eigenvalue weighted by molar-refractivity contribution is 0.298. The molecule has 3 heteroatoms. The summed E-state index contributed by atoms with van der Waals surface area (Å²) in [5.74, 6) is 0. The lowest BCUT2D eigenvalue weighted by Crippen LogP contribution is -2.30. The van der Waals surface area contributed by atoms with Crippen LogP contribution in [0.2, 0.25) is 19.1 Å². The molecule has 0 aliphatic heterocycles. The molecule has 0 amide bonds. The van der Waals surface area contributed by atoms with Crippen LogP contribution in [0.4, 0.5) is 0 Å². The van der Waals surface area contributed by atoms with Crippen molar-refractivity contribution in [3.63, 3.8) is 0 Å². The fourth-order valence-corrected chi connectivity index (χ4v) is 3.03. The molecule has 0 spiro atoms. The first-order chi connectivity index (χ1) is 6.12. The van der Waals surface area contributed by atoms with E-state index in [2.05, 4.69) is 26.1 Å². The van der Waals surface area contributed by atoms with Gasteiger partial charge in [-0.15, -0.1) is 0 Å². The minimum atomic E-state index is -1.43. The lowest BCUT2D eigenvalue weighted by Gasteiger charge is -2.22. The Hall–Kier alpha value is -0.333. The molecule has 0 saturated carbocycles. The molecule has 0 radical (unpaired) electrons.